The third kappa shape index (κ3) is 2.19. The highest BCUT2D eigenvalue weighted by molar-refractivity contribution is 7.92. The lowest BCUT2D eigenvalue weighted by molar-refractivity contribution is 0.599. The molecule has 2 aromatic heterocycles. The fourth-order valence-corrected chi connectivity index (χ4v) is 3.06. The number of aromatic nitrogens is 4. The van der Waals surface area contributed by atoms with E-state index in [1.54, 1.807) is 27.0 Å². The molecule has 8 heteroatoms. The first-order valence-corrected chi connectivity index (χ1v) is 6.70. The Kier molecular flexibility index (Phi) is 3.04. The van der Waals surface area contributed by atoms with Crippen LogP contribution in [0.2, 0.25) is 0 Å². The molecule has 0 radical (unpaired) electrons. The molecule has 0 saturated heterocycles. The van der Waals surface area contributed by atoms with E-state index in [0.717, 1.165) is 0 Å². The van der Waals surface area contributed by atoms with Gasteiger partial charge in [-0.15, -0.1) is 0 Å². The van der Waals surface area contributed by atoms with Crippen LogP contribution < -0.4 is 4.72 Å². The van der Waals surface area contributed by atoms with Crippen LogP contribution in [0.25, 0.3) is 0 Å². The van der Waals surface area contributed by atoms with E-state index in [0.29, 0.717) is 11.4 Å². The summed E-state index contributed by atoms with van der Waals surface area (Å²) in [5.41, 5.74) is 1.01. The minimum Gasteiger partial charge on any atom is -0.271 e. The van der Waals surface area contributed by atoms with Gasteiger partial charge >= 0.3 is 0 Å². The van der Waals surface area contributed by atoms with Crippen LogP contribution in [0.3, 0.4) is 0 Å². The number of hydrogen-bond donors (Lipinski definition) is 1. The summed E-state index contributed by atoms with van der Waals surface area (Å²) in [6, 6.07) is 1.61. The molecular formula is C10H13N5O2S. The molecule has 0 fully saturated rings. The third-order valence-electron chi connectivity index (χ3n) is 2.50. The summed E-state index contributed by atoms with van der Waals surface area (Å²) in [4.78, 5) is 7.82. The number of nitrogens with one attached hydrogen (secondary N) is 1. The topological polar surface area (TPSA) is 89.8 Å². The average molecular weight is 267 g/mol. The van der Waals surface area contributed by atoms with Gasteiger partial charge in [-0.05, 0) is 19.9 Å². The number of hydrogen-bond acceptors (Lipinski definition) is 5. The zero-order valence-electron chi connectivity index (χ0n) is 10.2. The van der Waals surface area contributed by atoms with Gasteiger partial charge in [-0.3, -0.25) is 4.68 Å². The van der Waals surface area contributed by atoms with Crippen LogP contribution in [0, 0.1) is 13.8 Å². The summed E-state index contributed by atoms with van der Waals surface area (Å²) in [6.45, 7) is 3.34. The summed E-state index contributed by atoms with van der Waals surface area (Å²) in [6.07, 6.45) is 2.93. The van der Waals surface area contributed by atoms with Crippen LogP contribution in [-0.2, 0) is 17.1 Å². The maximum absolute atomic E-state index is 12.2. The lowest BCUT2D eigenvalue weighted by Crippen LogP contribution is -2.16. The van der Waals surface area contributed by atoms with Crippen molar-refractivity contribution in [3.05, 3.63) is 29.8 Å². The first-order valence-electron chi connectivity index (χ1n) is 5.22. The largest absolute Gasteiger partial charge is 0.271 e. The van der Waals surface area contributed by atoms with E-state index in [2.05, 4.69) is 19.8 Å². The average Bonchev–Trinajstić information content (AvgIpc) is 2.54. The Bertz CT molecular complexity index is 663. The quantitative estimate of drug-likeness (QED) is 0.880. The van der Waals surface area contributed by atoms with Crippen molar-refractivity contribution in [3.63, 3.8) is 0 Å². The Morgan fingerprint density at radius 1 is 1.22 bits per heavy atom. The van der Waals surface area contributed by atoms with Gasteiger partial charge in [-0.2, -0.15) is 5.10 Å². The molecule has 7 nitrogen and oxygen atoms in total. The molecule has 18 heavy (non-hydrogen) atoms. The van der Waals surface area contributed by atoms with Gasteiger partial charge in [0.05, 0.1) is 11.4 Å². The molecule has 0 bridgehead atoms. The Morgan fingerprint density at radius 3 is 2.33 bits per heavy atom. The summed E-state index contributed by atoms with van der Waals surface area (Å²) >= 11 is 0. The SMILES string of the molecule is Cc1nn(C)c(C)c1S(=O)(=O)Nc1ncccn1. The molecule has 0 aliphatic carbocycles. The Morgan fingerprint density at radius 2 is 1.83 bits per heavy atom. The molecule has 0 aliphatic heterocycles. The predicted molar refractivity (Wildman–Crippen MR) is 65.5 cm³/mol. The number of anilines is 1. The summed E-state index contributed by atoms with van der Waals surface area (Å²) in [5.74, 6) is 0.0418. The molecule has 2 aromatic rings. The second kappa shape index (κ2) is 4.37. The van der Waals surface area contributed by atoms with E-state index in [-0.39, 0.29) is 10.8 Å². The molecule has 0 amide bonds. The van der Waals surface area contributed by atoms with Crippen LogP contribution in [0.5, 0.6) is 0 Å². The van der Waals surface area contributed by atoms with Crippen LogP contribution in [0.4, 0.5) is 5.95 Å². The maximum Gasteiger partial charge on any atom is 0.267 e. The van der Waals surface area contributed by atoms with Gasteiger partial charge in [0, 0.05) is 19.4 Å². The molecule has 0 atom stereocenters. The third-order valence-corrected chi connectivity index (χ3v) is 4.08. The molecule has 96 valence electrons. The van der Waals surface area contributed by atoms with Crippen molar-refractivity contribution in [2.45, 2.75) is 18.7 Å². The standard InChI is InChI=1S/C10H13N5O2S/c1-7-9(8(2)15(3)13-7)18(16,17)14-10-11-5-4-6-12-10/h4-6H,1-3H3,(H,11,12,14). The van der Waals surface area contributed by atoms with Gasteiger partial charge in [0.2, 0.25) is 5.95 Å². The number of sulfonamides is 1. The van der Waals surface area contributed by atoms with Gasteiger partial charge in [0.25, 0.3) is 10.0 Å². The van der Waals surface area contributed by atoms with Crippen molar-refractivity contribution >= 4 is 16.0 Å². The van der Waals surface area contributed by atoms with Gasteiger partial charge in [-0.1, -0.05) is 0 Å². The molecule has 0 aliphatic rings. The van der Waals surface area contributed by atoms with Crippen molar-refractivity contribution in [3.8, 4) is 0 Å². The molecule has 2 rings (SSSR count). The van der Waals surface area contributed by atoms with Gasteiger partial charge in [0.15, 0.2) is 0 Å². The fourth-order valence-electron chi connectivity index (χ4n) is 1.67. The first kappa shape index (κ1) is 12.5. The maximum atomic E-state index is 12.2. The molecule has 0 aromatic carbocycles. The van der Waals surface area contributed by atoms with Crippen LogP contribution in [0.1, 0.15) is 11.4 Å². The lowest BCUT2D eigenvalue weighted by Gasteiger charge is -2.06. The van der Waals surface area contributed by atoms with E-state index in [4.69, 9.17) is 0 Å². The minimum atomic E-state index is -3.71. The smallest absolute Gasteiger partial charge is 0.267 e. The minimum absolute atomic E-state index is 0.0418. The number of aryl methyl sites for hydroxylation is 2. The van der Waals surface area contributed by atoms with E-state index >= 15 is 0 Å². The molecule has 0 saturated carbocycles. The fraction of sp³-hybridized carbons (Fsp3) is 0.300. The van der Waals surface area contributed by atoms with Crippen LogP contribution >= 0.6 is 0 Å². The van der Waals surface area contributed by atoms with Crippen molar-refractivity contribution in [1.29, 1.82) is 0 Å². The van der Waals surface area contributed by atoms with Crippen molar-refractivity contribution in [2.75, 3.05) is 4.72 Å². The normalized spacial score (nSPS) is 11.5. The van der Waals surface area contributed by atoms with E-state index in [1.165, 1.54) is 17.1 Å². The van der Waals surface area contributed by atoms with Gasteiger partial charge in [-0.25, -0.2) is 23.1 Å². The molecule has 2 heterocycles. The highest BCUT2D eigenvalue weighted by Crippen LogP contribution is 2.20. The Balaban J connectivity index is 2.43. The summed E-state index contributed by atoms with van der Waals surface area (Å²) in [7, 11) is -2.02. The second-order valence-electron chi connectivity index (χ2n) is 3.80. The monoisotopic (exact) mass is 267 g/mol. The molecular weight excluding hydrogens is 254 g/mol. The van der Waals surface area contributed by atoms with Crippen molar-refractivity contribution in [2.24, 2.45) is 7.05 Å². The van der Waals surface area contributed by atoms with Gasteiger partial charge < -0.3 is 0 Å². The van der Waals surface area contributed by atoms with Crippen LogP contribution in [-0.4, -0.2) is 28.2 Å². The zero-order chi connectivity index (χ0) is 13.3. The van der Waals surface area contributed by atoms with E-state index in [1.807, 2.05) is 0 Å². The predicted octanol–water partition coefficient (Wildman–Crippen LogP) is 0.628. The Labute approximate surface area is 105 Å². The highest BCUT2D eigenvalue weighted by atomic mass is 32.2. The zero-order valence-corrected chi connectivity index (χ0v) is 11.1. The number of nitrogens with zero attached hydrogens (tertiary/aromatic N) is 4. The van der Waals surface area contributed by atoms with Crippen molar-refractivity contribution < 1.29 is 8.42 Å². The number of rotatable bonds is 3. The Hall–Kier alpha value is -1.96. The summed E-state index contributed by atoms with van der Waals surface area (Å²) < 4.78 is 28.3. The highest BCUT2D eigenvalue weighted by Gasteiger charge is 2.24. The van der Waals surface area contributed by atoms with E-state index in [9.17, 15) is 8.42 Å². The van der Waals surface area contributed by atoms with Gasteiger partial charge in [0.1, 0.15) is 4.90 Å². The van der Waals surface area contributed by atoms with Crippen LogP contribution in [0.15, 0.2) is 23.4 Å². The van der Waals surface area contributed by atoms with E-state index < -0.39 is 10.0 Å². The molecule has 1 N–H and O–H groups in total. The second-order valence-corrected chi connectivity index (χ2v) is 5.42. The first-order chi connectivity index (χ1) is 8.42. The molecule has 0 spiro atoms. The lowest BCUT2D eigenvalue weighted by atomic mass is 10.4. The molecule has 0 unspecified atom stereocenters. The summed E-state index contributed by atoms with van der Waals surface area (Å²) in [5, 5.41) is 4.08. The van der Waals surface area contributed by atoms with Crippen molar-refractivity contribution in [1.82, 2.24) is 19.7 Å².